The Labute approximate surface area is 68.2 Å². The van der Waals surface area contributed by atoms with Gasteiger partial charge < -0.3 is 0 Å². The molecular formula is C4HBCl3N. The third-order valence-corrected chi connectivity index (χ3v) is 1.98. The molecule has 0 unspecified atom stereocenters. The maximum atomic E-state index is 5.56. The van der Waals surface area contributed by atoms with Gasteiger partial charge in [0.2, 0.25) is 0 Å². The zero-order valence-corrected chi connectivity index (χ0v) is 6.50. The van der Waals surface area contributed by atoms with E-state index >= 15 is 0 Å². The second kappa shape index (κ2) is 2.87. The van der Waals surface area contributed by atoms with Crippen molar-refractivity contribution >= 4 is 41.9 Å². The average Bonchev–Trinajstić information content (AvgIpc) is 1.83. The fourth-order valence-corrected chi connectivity index (χ4v) is 0.861. The number of halogens is 3. The van der Waals surface area contributed by atoms with Gasteiger partial charge in [-0.25, -0.2) is 0 Å². The number of aromatic nitrogens is 1. The third kappa shape index (κ3) is 1.57. The predicted octanol–water partition coefficient (Wildman–Crippen LogP) is 2.38. The molecule has 46 valence electrons. The van der Waals surface area contributed by atoms with Crippen molar-refractivity contribution in [2.24, 2.45) is 0 Å². The van der Waals surface area contributed by atoms with Gasteiger partial charge >= 0.3 is 67.9 Å². The van der Waals surface area contributed by atoms with Crippen LogP contribution in [0.25, 0.3) is 0 Å². The normalized spacial score (nSPS) is 9.22. The van der Waals surface area contributed by atoms with E-state index in [0.29, 0.717) is 10.0 Å². The molecule has 1 rings (SSSR count). The molecule has 0 fully saturated rings. The van der Waals surface area contributed by atoms with E-state index < -0.39 is 0 Å². The number of rotatable bonds is 0. The van der Waals surface area contributed by atoms with Crippen molar-refractivity contribution in [2.45, 2.75) is 0 Å². The van der Waals surface area contributed by atoms with Gasteiger partial charge in [-0.05, 0) is 0 Å². The van der Waals surface area contributed by atoms with Crippen LogP contribution in [-0.2, 0) is 0 Å². The zero-order chi connectivity index (χ0) is 6.85. The quantitative estimate of drug-likeness (QED) is 0.597. The first kappa shape index (κ1) is 7.32. The average molecular weight is 180 g/mol. The standard InChI is InChI=1S/C4HBCl3N/c6-2-1-5-9-4(8)3(2)7/h1H. The fraction of sp³-hybridized carbons (Fsp3) is 0. The number of hydrogen-bond acceptors (Lipinski definition) is 1. The molecule has 1 aromatic heterocycles. The van der Waals surface area contributed by atoms with Crippen molar-refractivity contribution in [1.82, 2.24) is 4.89 Å². The van der Waals surface area contributed by atoms with Gasteiger partial charge in [-0.15, -0.1) is 0 Å². The predicted molar refractivity (Wildman–Crippen MR) is 40.6 cm³/mol. The third-order valence-electron chi connectivity index (χ3n) is 0.800. The molecule has 0 N–H and O–H groups in total. The Morgan fingerprint density at radius 1 is 1.33 bits per heavy atom. The van der Waals surface area contributed by atoms with Crippen LogP contribution >= 0.6 is 34.8 Å². The van der Waals surface area contributed by atoms with Gasteiger partial charge in [-0.3, -0.25) is 0 Å². The summed E-state index contributed by atoms with van der Waals surface area (Å²) in [5.74, 6) is 1.58. The summed E-state index contributed by atoms with van der Waals surface area (Å²) in [6.07, 6.45) is 0. The van der Waals surface area contributed by atoms with Crippen LogP contribution in [0.3, 0.4) is 0 Å². The molecule has 0 spiro atoms. The first-order valence-electron chi connectivity index (χ1n) is 2.17. The van der Waals surface area contributed by atoms with Crippen molar-refractivity contribution in [3.05, 3.63) is 21.2 Å². The van der Waals surface area contributed by atoms with E-state index in [2.05, 4.69) is 4.89 Å². The molecule has 0 amide bonds. The second-order valence-corrected chi connectivity index (χ2v) is 2.54. The van der Waals surface area contributed by atoms with Gasteiger partial charge in [-0.1, -0.05) is 0 Å². The minimum absolute atomic E-state index is 0.240. The Bertz CT molecular complexity index is 207. The molecule has 0 aliphatic rings. The second-order valence-electron chi connectivity index (χ2n) is 1.40. The van der Waals surface area contributed by atoms with E-state index in [4.69, 9.17) is 34.8 Å². The molecule has 0 aromatic carbocycles. The molecule has 1 aromatic rings. The maximum absolute atomic E-state index is 5.56. The van der Waals surface area contributed by atoms with Crippen LogP contribution < -0.4 is 0 Å². The Hall–Kier alpha value is 0.215. The first-order chi connectivity index (χ1) is 4.22. The summed E-state index contributed by atoms with van der Waals surface area (Å²) in [6, 6.07) is 0. The molecule has 0 atom stereocenters. The van der Waals surface area contributed by atoms with Crippen molar-refractivity contribution in [1.29, 1.82) is 0 Å². The molecule has 5 heteroatoms. The molecular weight excluding hydrogens is 179 g/mol. The molecule has 9 heavy (non-hydrogen) atoms. The summed E-state index contributed by atoms with van der Waals surface area (Å²) in [6.45, 7) is 0. The number of nitrogens with zero attached hydrogens (tertiary/aromatic N) is 1. The summed E-state index contributed by atoms with van der Waals surface area (Å²) in [4.78, 5) is 3.69. The van der Waals surface area contributed by atoms with Crippen LogP contribution in [0.2, 0.25) is 15.2 Å². The number of hydrogen-bond donors (Lipinski definition) is 0. The van der Waals surface area contributed by atoms with Crippen LogP contribution in [-0.4, -0.2) is 11.9 Å². The molecule has 0 saturated carbocycles. The zero-order valence-electron chi connectivity index (χ0n) is 4.24. The fourth-order valence-electron chi connectivity index (χ4n) is 0.397. The molecule has 0 bridgehead atoms. The summed E-state index contributed by atoms with van der Waals surface area (Å²) >= 11 is 16.6. The summed E-state index contributed by atoms with van der Waals surface area (Å²) in [5, 5.41) is 0.974. The Morgan fingerprint density at radius 3 is 2.44 bits per heavy atom. The first-order valence-corrected chi connectivity index (χ1v) is 3.30. The molecule has 1 heterocycles. The van der Waals surface area contributed by atoms with E-state index in [1.54, 1.807) is 5.96 Å². The molecule has 0 aliphatic heterocycles. The molecule has 0 saturated heterocycles. The van der Waals surface area contributed by atoms with Gasteiger partial charge in [0.25, 0.3) is 0 Å². The van der Waals surface area contributed by atoms with Crippen molar-refractivity contribution in [3.8, 4) is 0 Å². The molecule has 1 nitrogen and oxygen atoms in total. The topological polar surface area (TPSA) is 12.9 Å². The Kier molecular flexibility index (Phi) is 2.33. The van der Waals surface area contributed by atoms with E-state index in [1.165, 1.54) is 7.05 Å². The van der Waals surface area contributed by atoms with Gasteiger partial charge in [0.05, 0.1) is 0 Å². The monoisotopic (exact) mass is 179 g/mol. The van der Waals surface area contributed by atoms with Crippen LogP contribution in [0.5, 0.6) is 0 Å². The van der Waals surface area contributed by atoms with Gasteiger partial charge in [0.15, 0.2) is 0 Å². The van der Waals surface area contributed by atoms with Crippen molar-refractivity contribution in [2.75, 3.05) is 0 Å². The van der Waals surface area contributed by atoms with Crippen LogP contribution in [0.15, 0.2) is 5.96 Å². The van der Waals surface area contributed by atoms with Gasteiger partial charge in [0.1, 0.15) is 0 Å². The van der Waals surface area contributed by atoms with Crippen molar-refractivity contribution in [3.63, 3.8) is 0 Å². The SMILES string of the molecule is Clc1cbnc(Cl)c1Cl. The molecule has 0 radical (unpaired) electrons. The van der Waals surface area contributed by atoms with Crippen LogP contribution in [0, 0.1) is 0 Å². The van der Waals surface area contributed by atoms with Crippen molar-refractivity contribution < 1.29 is 0 Å². The van der Waals surface area contributed by atoms with E-state index in [1.807, 2.05) is 0 Å². The Morgan fingerprint density at radius 2 is 2.00 bits per heavy atom. The van der Waals surface area contributed by atoms with Gasteiger partial charge in [0, 0.05) is 0 Å². The summed E-state index contributed by atoms with van der Waals surface area (Å²) in [5.41, 5.74) is 0. The van der Waals surface area contributed by atoms with E-state index in [-0.39, 0.29) is 5.15 Å². The van der Waals surface area contributed by atoms with Gasteiger partial charge in [-0.2, -0.15) is 0 Å². The Balaban J connectivity index is 3.25. The van der Waals surface area contributed by atoms with Crippen LogP contribution in [0.4, 0.5) is 0 Å². The molecule has 0 aliphatic carbocycles. The van der Waals surface area contributed by atoms with E-state index in [9.17, 15) is 0 Å². The van der Waals surface area contributed by atoms with E-state index in [0.717, 1.165) is 0 Å². The minimum atomic E-state index is 0.240. The summed E-state index contributed by atoms with van der Waals surface area (Å²) in [7, 11) is 1.50. The van der Waals surface area contributed by atoms with Crippen LogP contribution in [0.1, 0.15) is 0 Å². The summed E-state index contributed by atoms with van der Waals surface area (Å²) < 4.78 is 0.